The smallest absolute Gasteiger partial charge is 0.230 e. The molecular formula is C16H25N5O2. The molecule has 0 radical (unpaired) electrons. The maximum Gasteiger partial charge on any atom is 0.230 e. The van der Waals surface area contributed by atoms with Crippen LogP contribution in [0.15, 0.2) is 12.7 Å². The summed E-state index contributed by atoms with van der Waals surface area (Å²) < 4.78 is 1.74. The molecule has 0 aliphatic carbocycles. The summed E-state index contributed by atoms with van der Waals surface area (Å²) >= 11 is 0. The fourth-order valence-corrected chi connectivity index (χ4v) is 3.74. The van der Waals surface area contributed by atoms with Gasteiger partial charge in [0.2, 0.25) is 11.8 Å². The zero-order chi connectivity index (χ0) is 16.3. The number of aromatic nitrogens is 3. The molecule has 1 aromatic heterocycles. The zero-order valence-corrected chi connectivity index (χ0v) is 13.8. The Kier molecular flexibility index (Phi) is 4.63. The van der Waals surface area contributed by atoms with Crippen molar-refractivity contribution in [1.29, 1.82) is 0 Å². The number of rotatable bonds is 6. The third kappa shape index (κ3) is 3.23. The molecule has 1 spiro atoms. The second kappa shape index (κ2) is 6.68. The highest BCUT2D eigenvalue weighted by atomic mass is 16.2. The highest BCUT2D eigenvalue weighted by Gasteiger charge is 2.51. The van der Waals surface area contributed by atoms with Crippen LogP contribution in [0.1, 0.15) is 39.0 Å². The Morgan fingerprint density at radius 2 is 2.13 bits per heavy atom. The van der Waals surface area contributed by atoms with Crippen molar-refractivity contribution in [2.45, 2.75) is 45.6 Å². The third-order valence-corrected chi connectivity index (χ3v) is 5.05. The molecule has 3 rings (SSSR count). The highest BCUT2D eigenvalue weighted by Crippen LogP contribution is 2.40. The lowest BCUT2D eigenvalue weighted by Gasteiger charge is -2.23. The van der Waals surface area contributed by atoms with E-state index >= 15 is 0 Å². The monoisotopic (exact) mass is 319 g/mol. The van der Waals surface area contributed by atoms with Crippen molar-refractivity contribution in [2.75, 3.05) is 26.2 Å². The van der Waals surface area contributed by atoms with Crippen LogP contribution >= 0.6 is 0 Å². The maximum absolute atomic E-state index is 12.6. The average Bonchev–Trinajstić information content (AvgIpc) is 3.26. The Bertz CT molecular complexity index is 559. The molecule has 0 aromatic carbocycles. The van der Waals surface area contributed by atoms with Crippen LogP contribution in [0.25, 0.3) is 0 Å². The van der Waals surface area contributed by atoms with Crippen molar-refractivity contribution in [2.24, 2.45) is 5.41 Å². The first kappa shape index (κ1) is 16.0. The number of hydrogen-bond acceptors (Lipinski definition) is 4. The van der Waals surface area contributed by atoms with Crippen LogP contribution in [0.5, 0.6) is 0 Å². The van der Waals surface area contributed by atoms with Gasteiger partial charge in [-0.05, 0) is 25.7 Å². The molecule has 126 valence electrons. The molecule has 2 amide bonds. The van der Waals surface area contributed by atoms with E-state index in [2.05, 4.69) is 17.0 Å². The van der Waals surface area contributed by atoms with Crippen LogP contribution in [0.3, 0.4) is 0 Å². The SMILES string of the molecule is CCCN1CCC2(CCN(C(=O)CCCn3cncn3)C2)C1=O. The molecule has 0 bridgehead atoms. The minimum Gasteiger partial charge on any atom is -0.342 e. The van der Waals surface area contributed by atoms with Crippen molar-refractivity contribution < 1.29 is 9.59 Å². The van der Waals surface area contributed by atoms with Crippen molar-refractivity contribution in [3.63, 3.8) is 0 Å². The molecule has 0 N–H and O–H groups in total. The molecule has 7 nitrogen and oxygen atoms in total. The lowest BCUT2D eigenvalue weighted by Crippen LogP contribution is -2.38. The van der Waals surface area contributed by atoms with Crippen molar-refractivity contribution in [1.82, 2.24) is 24.6 Å². The summed E-state index contributed by atoms with van der Waals surface area (Å²) in [5.74, 6) is 0.418. The molecule has 7 heteroatoms. The second-order valence-electron chi connectivity index (χ2n) is 6.65. The van der Waals surface area contributed by atoms with Gasteiger partial charge in [0.1, 0.15) is 12.7 Å². The first-order valence-corrected chi connectivity index (χ1v) is 8.54. The molecule has 2 aliphatic rings. The molecular weight excluding hydrogens is 294 g/mol. The number of likely N-dealkylation sites (tertiary alicyclic amines) is 2. The van der Waals surface area contributed by atoms with E-state index in [0.717, 1.165) is 38.8 Å². The molecule has 1 atom stereocenters. The van der Waals surface area contributed by atoms with E-state index in [9.17, 15) is 9.59 Å². The summed E-state index contributed by atoms with van der Waals surface area (Å²) in [6.45, 7) is 5.81. The molecule has 1 aromatic rings. The van der Waals surface area contributed by atoms with Crippen LogP contribution in [-0.4, -0.2) is 62.6 Å². The highest BCUT2D eigenvalue weighted by molar-refractivity contribution is 5.87. The van der Waals surface area contributed by atoms with E-state index in [1.54, 1.807) is 11.0 Å². The molecule has 2 saturated heterocycles. The summed E-state index contributed by atoms with van der Waals surface area (Å²) in [5, 5.41) is 4.03. The van der Waals surface area contributed by atoms with E-state index in [0.29, 0.717) is 26.1 Å². The van der Waals surface area contributed by atoms with Gasteiger partial charge in [-0.3, -0.25) is 14.3 Å². The second-order valence-corrected chi connectivity index (χ2v) is 6.65. The minimum absolute atomic E-state index is 0.156. The van der Waals surface area contributed by atoms with Crippen LogP contribution in [0.4, 0.5) is 0 Å². The molecule has 2 aliphatic heterocycles. The lowest BCUT2D eigenvalue weighted by molar-refractivity contribution is -0.136. The predicted octanol–water partition coefficient (Wildman–Crippen LogP) is 0.919. The Labute approximate surface area is 136 Å². The van der Waals surface area contributed by atoms with Gasteiger partial charge in [-0.15, -0.1) is 0 Å². The van der Waals surface area contributed by atoms with Crippen molar-refractivity contribution >= 4 is 11.8 Å². The summed E-state index contributed by atoms with van der Waals surface area (Å²) in [4.78, 5) is 32.8. The van der Waals surface area contributed by atoms with E-state index < -0.39 is 0 Å². The number of aryl methyl sites for hydroxylation is 1. The normalized spacial score (nSPS) is 24.1. The predicted molar refractivity (Wildman–Crippen MR) is 84.4 cm³/mol. The van der Waals surface area contributed by atoms with Gasteiger partial charge in [0.25, 0.3) is 0 Å². The van der Waals surface area contributed by atoms with Crippen LogP contribution in [-0.2, 0) is 16.1 Å². The Morgan fingerprint density at radius 1 is 1.30 bits per heavy atom. The zero-order valence-electron chi connectivity index (χ0n) is 13.8. The van der Waals surface area contributed by atoms with Gasteiger partial charge < -0.3 is 9.80 Å². The van der Waals surface area contributed by atoms with Gasteiger partial charge in [-0.1, -0.05) is 6.92 Å². The lowest BCUT2D eigenvalue weighted by atomic mass is 9.85. The first-order chi connectivity index (χ1) is 11.1. The standard InChI is InChI=1S/C16H25N5O2/c1-2-7-19-9-5-16(15(19)23)6-10-20(11-16)14(22)4-3-8-21-13-17-12-18-21/h12-13H,2-11H2,1H3. The summed E-state index contributed by atoms with van der Waals surface area (Å²) in [6.07, 6.45) is 7.13. The van der Waals surface area contributed by atoms with E-state index in [1.807, 2.05) is 9.80 Å². The Hall–Kier alpha value is -1.92. The Balaban J connectivity index is 1.49. The summed E-state index contributed by atoms with van der Waals surface area (Å²) in [7, 11) is 0. The number of nitrogens with zero attached hydrogens (tertiary/aromatic N) is 5. The van der Waals surface area contributed by atoms with Gasteiger partial charge >= 0.3 is 0 Å². The fourth-order valence-electron chi connectivity index (χ4n) is 3.74. The summed E-state index contributed by atoms with van der Waals surface area (Å²) in [5.41, 5.74) is -0.295. The molecule has 23 heavy (non-hydrogen) atoms. The minimum atomic E-state index is -0.295. The van der Waals surface area contributed by atoms with Gasteiger partial charge in [0.15, 0.2) is 0 Å². The first-order valence-electron chi connectivity index (χ1n) is 8.54. The van der Waals surface area contributed by atoms with Gasteiger partial charge in [0, 0.05) is 39.1 Å². The van der Waals surface area contributed by atoms with Crippen molar-refractivity contribution in [3.05, 3.63) is 12.7 Å². The quantitative estimate of drug-likeness (QED) is 0.782. The average molecular weight is 319 g/mol. The van der Waals surface area contributed by atoms with E-state index in [-0.39, 0.29) is 17.2 Å². The fraction of sp³-hybridized carbons (Fsp3) is 0.750. The number of carbonyl (C=O) groups is 2. The van der Waals surface area contributed by atoms with E-state index in [1.165, 1.54) is 6.33 Å². The van der Waals surface area contributed by atoms with Gasteiger partial charge in [-0.25, -0.2) is 4.98 Å². The van der Waals surface area contributed by atoms with Crippen LogP contribution in [0, 0.1) is 5.41 Å². The van der Waals surface area contributed by atoms with Crippen LogP contribution in [0.2, 0.25) is 0 Å². The molecule has 0 saturated carbocycles. The number of hydrogen-bond donors (Lipinski definition) is 0. The van der Waals surface area contributed by atoms with Gasteiger partial charge in [-0.2, -0.15) is 5.10 Å². The largest absolute Gasteiger partial charge is 0.342 e. The summed E-state index contributed by atoms with van der Waals surface area (Å²) in [6, 6.07) is 0. The van der Waals surface area contributed by atoms with Crippen LogP contribution < -0.4 is 0 Å². The van der Waals surface area contributed by atoms with Gasteiger partial charge in [0.05, 0.1) is 5.41 Å². The Morgan fingerprint density at radius 3 is 2.87 bits per heavy atom. The topological polar surface area (TPSA) is 71.3 Å². The third-order valence-electron chi connectivity index (χ3n) is 5.05. The molecule has 3 heterocycles. The number of carbonyl (C=O) groups excluding carboxylic acids is 2. The number of amides is 2. The van der Waals surface area contributed by atoms with Crippen molar-refractivity contribution in [3.8, 4) is 0 Å². The maximum atomic E-state index is 12.6. The molecule has 1 unspecified atom stereocenters. The van der Waals surface area contributed by atoms with E-state index in [4.69, 9.17) is 0 Å². The molecule has 2 fully saturated rings.